The topological polar surface area (TPSA) is 238 Å². The zero-order valence-corrected chi connectivity index (χ0v) is 21.7. The number of rotatable bonds is 12. The van der Waals surface area contributed by atoms with Gasteiger partial charge in [-0.25, -0.2) is 0 Å². The van der Waals surface area contributed by atoms with Gasteiger partial charge in [0.1, 0.15) is 30.4 Å². The third-order valence-corrected chi connectivity index (χ3v) is 5.09. The van der Waals surface area contributed by atoms with Crippen molar-refractivity contribution in [3.8, 4) is 0 Å². The summed E-state index contributed by atoms with van der Waals surface area (Å²) < 4.78 is 10.9. The van der Waals surface area contributed by atoms with E-state index in [1.807, 2.05) is 0 Å². The molecule has 0 aromatic rings. The number of carboxylic acid groups (broad SMARTS) is 1. The molecule has 1 heterocycles. The molecule has 15 heteroatoms. The fourth-order valence-electron chi connectivity index (χ4n) is 3.56. The van der Waals surface area contributed by atoms with Crippen LogP contribution in [0.4, 0.5) is 0 Å². The second-order valence-corrected chi connectivity index (χ2v) is 7.98. The minimum absolute atomic E-state index is 0. The summed E-state index contributed by atoms with van der Waals surface area (Å²) in [5, 5.41) is 43.4. The smallest absolute Gasteiger partial charge is 0.550 e. The number of primary amides is 1. The zero-order valence-electron chi connectivity index (χ0n) is 19.7. The van der Waals surface area contributed by atoms with Crippen LogP contribution in [0.15, 0.2) is 0 Å². The van der Waals surface area contributed by atoms with Crippen molar-refractivity contribution in [1.29, 1.82) is 0 Å². The number of ether oxygens (including phenoxy) is 2. The number of carbonyl (C=O) groups excluding carboxylic acids is 4. The third kappa shape index (κ3) is 9.36. The van der Waals surface area contributed by atoms with Crippen LogP contribution in [-0.2, 0) is 28.7 Å². The van der Waals surface area contributed by atoms with E-state index in [1.165, 1.54) is 20.8 Å². The van der Waals surface area contributed by atoms with Crippen molar-refractivity contribution in [3.05, 3.63) is 0 Å². The van der Waals surface area contributed by atoms with Crippen LogP contribution in [0, 0.1) is 0 Å². The van der Waals surface area contributed by atoms with E-state index in [9.17, 15) is 39.6 Å². The molecule has 190 valence electrons. The Hall–Kier alpha value is -1.36. The molecule has 1 rings (SSSR count). The summed E-state index contributed by atoms with van der Waals surface area (Å²) in [6.07, 6.45) is -7.37. The van der Waals surface area contributed by atoms with Gasteiger partial charge in [-0.15, -0.1) is 0 Å². The van der Waals surface area contributed by atoms with Gasteiger partial charge in [0, 0.05) is 19.4 Å². The van der Waals surface area contributed by atoms with Crippen molar-refractivity contribution in [2.45, 2.75) is 82.4 Å². The summed E-state index contributed by atoms with van der Waals surface area (Å²) in [5.74, 6) is -3.66. The molecule has 0 aromatic heterocycles. The molecule has 0 aromatic carbocycles. The van der Waals surface area contributed by atoms with E-state index in [2.05, 4.69) is 5.32 Å². The Kier molecular flexibility index (Phi) is 14.3. The summed E-state index contributed by atoms with van der Waals surface area (Å²) in [6.45, 7) is 3.08. The second-order valence-electron chi connectivity index (χ2n) is 7.98. The van der Waals surface area contributed by atoms with Gasteiger partial charge in [0.05, 0.1) is 18.8 Å². The molecule has 1 aliphatic rings. The maximum atomic E-state index is 12.7. The largest absolute Gasteiger partial charge is 1.00 e. The summed E-state index contributed by atoms with van der Waals surface area (Å²) in [6, 6.07) is -3.59. The Morgan fingerprint density at radius 1 is 1.24 bits per heavy atom. The number of carboxylic acids is 1. The Labute approximate surface area is 219 Å². The first-order valence-corrected chi connectivity index (χ1v) is 10.4. The number of aliphatic carboxylic acids is 1. The van der Waals surface area contributed by atoms with E-state index >= 15 is 0 Å². The number of nitrogens with two attached hydrogens (primary N) is 2. The van der Waals surface area contributed by atoms with E-state index in [-0.39, 0.29) is 42.5 Å². The summed E-state index contributed by atoms with van der Waals surface area (Å²) in [7, 11) is 0. The van der Waals surface area contributed by atoms with Gasteiger partial charge in [0.25, 0.3) is 0 Å². The second kappa shape index (κ2) is 14.9. The molecule has 0 bridgehead atoms. The third-order valence-electron chi connectivity index (χ3n) is 5.09. The first-order valence-electron chi connectivity index (χ1n) is 10.4. The molecule has 0 radical (unpaired) electrons. The van der Waals surface area contributed by atoms with E-state index in [4.69, 9.17) is 20.9 Å². The van der Waals surface area contributed by atoms with Crippen LogP contribution in [0.25, 0.3) is 0 Å². The standard InChI is InChI=1S/C19H34N4O10.Na/c1-8(6-23(18(30)9(2)20)11(17(21)29)4-5-13(26)27)32-16-14(22-10(3)25)19(31)33-12(7-24)15(16)28;/h8-9,11-12,14-16,19,24,28,31H,4-7,20H2,1-3H3,(H2,21,29)(H,22,25)(H,26,27);/q;+1/p-1/t8?,9-,11+,12+,14+,15+,16+,19-;/m0./s1. The van der Waals surface area contributed by atoms with Crippen molar-refractivity contribution in [1.82, 2.24) is 10.2 Å². The van der Waals surface area contributed by atoms with Crippen LogP contribution >= 0.6 is 0 Å². The Balaban J connectivity index is 0.0000109. The summed E-state index contributed by atoms with van der Waals surface area (Å²) >= 11 is 0. The average Bonchev–Trinajstić information content (AvgIpc) is 2.70. The molecule has 14 nitrogen and oxygen atoms in total. The Morgan fingerprint density at radius 3 is 2.26 bits per heavy atom. The van der Waals surface area contributed by atoms with E-state index in [0.29, 0.717) is 0 Å². The van der Waals surface area contributed by atoms with Gasteiger partial charge in [0.2, 0.25) is 17.7 Å². The molecular formula is C19H33N4NaO10. The van der Waals surface area contributed by atoms with Crippen molar-refractivity contribution in [2.75, 3.05) is 13.2 Å². The van der Waals surface area contributed by atoms with Crippen LogP contribution in [-0.4, -0.2) is 106 Å². The summed E-state index contributed by atoms with van der Waals surface area (Å²) in [4.78, 5) is 48.0. The van der Waals surface area contributed by atoms with Crippen LogP contribution < -0.4 is 51.4 Å². The van der Waals surface area contributed by atoms with Gasteiger partial charge in [-0.1, -0.05) is 0 Å². The number of hydrogen-bond donors (Lipinski definition) is 6. The molecule has 3 amide bonds. The molecule has 0 spiro atoms. The molecule has 1 saturated heterocycles. The number of aliphatic hydroxyl groups excluding tert-OH is 3. The van der Waals surface area contributed by atoms with Crippen LogP contribution in [0.3, 0.4) is 0 Å². The van der Waals surface area contributed by atoms with Crippen molar-refractivity contribution < 1.29 is 78.6 Å². The molecule has 1 aliphatic heterocycles. The van der Waals surface area contributed by atoms with Gasteiger partial charge in [0.15, 0.2) is 6.29 Å². The predicted octanol–water partition coefficient (Wildman–Crippen LogP) is -8.10. The molecule has 1 fully saturated rings. The minimum Gasteiger partial charge on any atom is -0.550 e. The van der Waals surface area contributed by atoms with E-state index < -0.39 is 85.5 Å². The van der Waals surface area contributed by atoms with Crippen LogP contribution in [0.5, 0.6) is 0 Å². The van der Waals surface area contributed by atoms with Crippen molar-refractivity contribution in [2.24, 2.45) is 11.5 Å². The fourth-order valence-corrected chi connectivity index (χ4v) is 3.56. The van der Waals surface area contributed by atoms with E-state index in [0.717, 1.165) is 4.90 Å². The average molecular weight is 500 g/mol. The predicted molar refractivity (Wildman–Crippen MR) is 108 cm³/mol. The number of hydrogen-bond acceptors (Lipinski definition) is 11. The summed E-state index contributed by atoms with van der Waals surface area (Å²) in [5.41, 5.74) is 11.0. The molecule has 0 saturated carbocycles. The number of carbonyl (C=O) groups is 4. The van der Waals surface area contributed by atoms with Gasteiger partial charge < -0.3 is 56.4 Å². The first kappa shape index (κ1) is 32.6. The maximum Gasteiger partial charge on any atom is 1.00 e. The monoisotopic (exact) mass is 500 g/mol. The van der Waals surface area contributed by atoms with Crippen LogP contribution in [0.1, 0.15) is 33.6 Å². The first-order chi connectivity index (χ1) is 15.3. The fraction of sp³-hybridized carbons (Fsp3) is 0.789. The van der Waals surface area contributed by atoms with Gasteiger partial charge >= 0.3 is 29.6 Å². The van der Waals surface area contributed by atoms with Crippen molar-refractivity contribution >= 4 is 23.7 Å². The molecule has 1 unspecified atom stereocenters. The maximum absolute atomic E-state index is 12.7. The van der Waals surface area contributed by atoms with Crippen LogP contribution in [0.2, 0.25) is 0 Å². The molecular weight excluding hydrogens is 467 g/mol. The Morgan fingerprint density at radius 2 is 1.82 bits per heavy atom. The quantitative estimate of drug-likeness (QED) is 0.138. The molecule has 8 atom stereocenters. The SMILES string of the molecule is CC(=O)N[C@@H]1[C@@H](OC(C)CN(C(=O)[C@H](C)N)[C@H](CCC(=O)[O-])C(N)=O)[C@H](O)[C@@H](CO)O[C@@H]1O.[Na+]. The number of aliphatic hydroxyl groups is 3. The normalized spacial score (nSPS) is 27.0. The number of nitrogens with one attached hydrogen (secondary N) is 1. The number of nitrogens with zero attached hydrogens (tertiary/aromatic N) is 1. The molecule has 8 N–H and O–H groups in total. The molecule has 34 heavy (non-hydrogen) atoms. The van der Waals surface area contributed by atoms with Gasteiger partial charge in [-0.05, 0) is 26.7 Å². The number of amides is 3. The van der Waals surface area contributed by atoms with Gasteiger partial charge in [-0.3, -0.25) is 14.4 Å². The van der Waals surface area contributed by atoms with Crippen molar-refractivity contribution in [3.63, 3.8) is 0 Å². The Bertz CT molecular complexity index is 713. The minimum atomic E-state index is -1.62. The van der Waals surface area contributed by atoms with Gasteiger partial charge in [-0.2, -0.15) is 0 Å². The zero-order chi connectivity index (χ0) is 25.5. The molecule has 0 aliphatic carbocycles. The van der Waals surface area contributed by atoms with E-state index in [1.54, 1.807) is 0 Å².